The zero-order chi connectivity index (χ0) is 38.4. The third kappa shape index (κ3) is 14.8. The lowest BCUT2D eigenvalue weighted by atomic mass is 10.2. The second-order valence-electron chi connectivity index (χ2n) is 9.61. The number of para-hydroxylation sites is 1. The van der Waals surface area contributed by atoms with Gasteiger partial charge in [-0.25, -0.2) is 29.0 Å². The summed E-state index contributed by atoms with van der Waals surface area (Å²) >= 11 is 0. The number of benzene rings is 1. The normalized spacial score (nSPS) is 14.8. The summed E-state index contributed by atoms with van der Waals surface area (Å²) in [6.07, 6.45) is -11.9. The van der Waals surface area contributed by atoms with E-state index < -0.39 is 36.4 Å². The Labute approximate surface area is 279 Å². The molecule has 0 spiro atoms. The third-order valence-electron chi connectivity index (χ3n) is 5.78. The van der Waals surface area contributed by atoms with Crippen molar-refractivity contribution in [3.63, 3.8) is 0 Å². The number of carboxylic acid groups (broad SMARTS) is 3. The Morgan fingerprint density at radius 3 is 1.86 bits per heavy atom. The van der Waals surface area contributed by atoms with Crippen molar-refractivity contribution < 1.29 is 74.0 Å². The number of pyridine rings is 1. The van der Waals surface area contributed by atoms with E-state index >= 15 is 0 Å². The highest BCUT2D eigenvalue weighted by molar-refractivity contribution is 5.84. The minimum Gasteiger partial charge on any atom is -0.475 e. The Morgan fingerprint density at radius 1 is 0.804 bits per heavy atom. The third-order valence-corrected chi connectivity index (χ3v) is 5.78. The molecule has 1 unspecified atom stereocenters. The number of halogens is 9. The molecular weight excluding hydrogens is 719 g/mol. The molecule has 4 aromatic rings. The summed E-state index contributed by atoms with van der Waals surface area (Å²) in [4.78, 5) is 42.2. The second-order valence-corrected chi connectivity index (χ2v) is 9.61. The number of fused-ring (bicyclic) bond motifs is 1. The highest BCUT2D eigenvalue weighted by atomic mass is 19.4. The van der Waals surface area contributed by atoms with Crippen LogP contribution in [0.25, 0.3) is 11.2 Å². The van der Waals surface area contributed by atoms with Gasteiger partial charge in [0.2, 0.25) is 0 Å². The number of morpholine rings is 1. The van der Waals surface area contributed by atoms with Crippen molar-refractivity contribution in [2.24, 2.45) is 0 Å². The fourth-order valence-electron chi connectivity index (χ4n) is 3.61. The number of rotatable bonds is 6. The van der Waals surface area contributed by atoms with Crippen molar-refractivity contribution in [3.8, 4) is 0 Å². The van der Waals surface area contributed by atoms with Crippen molar-refractivity contribution >= 4 is 40.6 Å². The summed E-state index contributed by atoms with van der Waals surface area (Å²) in [7, 11) is 0. The number of nitrogens with one attached hydrogen (secondary N) is 1. The number of hydrogen-bond acceptors (Lipinski definition) is 11. The molecule has 51 heavy (non-hydrogen) atoms. The number of aromatic nitrogens is 6. The number of carboxylic acids is 3. The van der Waals surface area contributed by atoms with Crippen LogP contribution in [0.4, 0.5) is 51.0 Å². The van der Waals surface area contributed by atoms with E-state index in [1.165, 1.54) is 6.33 Å². The molecule has 4 N–H and O–H groups in total. The van der Waals surface area contributed by atoms with Gasteiger partial charge in [0.15, 0.2) is 17.0 Å². The maximum Gasteiger partial charge on any atom is 0.490 e. The average molecular weight is 745 g/mol. The molecule has 4 heterocycles. The minimum atomic E-state index is -5.08. The van der Waals surface area contributed by atoms with Gasteiger partial charge >= 0.3 is 36.4 Å². The minimum absolute atomic E-state index is 0.00728. The molecule has 1 saturated heterocycles. The molecule has 0 aliphatic carbocycles. The van der Waals surface area contributed by atoms with Crippen LogP contribution in [0.3, 0.4) is 0 Å². The first-order chi connectivity index (χ1) is 23.7. The van der Waals surface area contributed by atoms with Crippen LogP contribution in [-0.4, -0.2) is 112 Å². The van der Waals surface area contributed by atoms with Crippen LogP contribution in [0.5, 0.6) is 0 Å². The Kier molecular flexibility index (Phi) is 15.0. The molecule has 0 saturated carbocycles. The Hall–Kier alpha value is -5.65. The van der Waals surface area contributed by atoms with Crippen molar-refractivity contribution in [3.05, 3.63) is 66.7 Å². The summed E-state index contributed by atoms with van der Waals surface area (Å²) < 4.78 is 103. The quantitative estimate of drug-likeness (QED) is 0.205. The largest absolute Gasteiger partial charge is 0.490 e. The van der Waals surface area contributed by atoms with E-state index in [2.05, 4.69) is 35.5 Å². The van der Waals surface area contributed by atoms with Crippen LogP contribution in [0, 0.1) is 0 Å². The zero-order valence-corrected chi connectivity index (χ0v) is 25.4. The Morgan fingerprint density at radius 2 is 1.35 bits per heavy atom. The standard InChI is InChI=1S/C21H22N8O.3C2HF3O2/c1-2-6-16(7-3-1)25-20-19-21(24-15-23-20)29(27-26-19)14-18-13-28(10-11-30-18)12-17-8-4-5-9-22-17;3*3-2(4,5)1(6)7/h1-9,15,18H,10-14H2,(H,23,24,25);3*(H,6,7). The van der Waals surface area contributed by atoms with Crippen LogP contribution in [0.2, 0.25) is 0 Å². The fraction of sp³-hybridized carbons (Fsp3) is 0.333. The van der Waals surface area contributed by atoms with E-state index in [-0.39, 0.29) is 6.10 Å². The van der Waals surface area contributed by atoms with Crippen molar-refractivity contribution in [2.75, 3.05) is 25.0 Å². The maximum absolute atomic E-state index is 10.6. The van der Waals surface area contributed by atoms with Crippen molar-refractivity contribution in [1.29, 1.82) is 0 Å². The van der Waals surface area contributed by atoms with E-state index in [1.807, 2.05) is 54.7 Å². The van der Waals surface area contributed by atoms with Gasteiger partial charge in [-0.15, -0.1) is 5.10 Å². The number of alkyl halides is 9. The summed E-state index contributed by atoms with van der Waals surface area (Å²) in [6, 6.07) is 15.9. The van der Waals surface area contributed by atoms with Gasteiger partial charge in [-0.1, -0.05) is 29.5 Å². The van der Waals surface area contributed by atoms with Crippen LogP contribution in [0.1, 0.15) is 5.69 Å². The number of ether oxygens (including phenoxy) is 1. The average Bonchev–Trinajstić information content (AvgIpc) is 3.45. The zero-order valence-electron chi connectivity index (χ0n) is 25.4. The lowest BCUT2D eigenvalue weighted by Gasteiger charge is -2.32. The molecule has 1 aliphatic heterocycles. The summed E-state index contributed by atoms with van der Waals surface area (Å²) in [5.41, 5.74) is 3.33. The molecule has 1 aliphatic rings. The molecule has 0 radical (unpaired) electrons. The van der Waals surface area contributed by atoms with Gasteiger partial charge in [0.25, 0.3) is 0 Å². The maximum atomic E-state index is 10.6. The molecule has 1 atom stereocenters. The molecule has 15 nitrogen and oxygen atoms in total. The van der Waals surface area contributed by atoms with Gasteiger partial charge in [0.1, 0.15) is 6.33 Å². The smallest absolute Gasteiger partial charge is 0.475 e. The summed E-state index contributed by atoms with van der Waals surface area (Å²) in [5.74, 6) is -7.63. The molecule has 1 fully saturated rings. The number of carbonyl (C=O) groups is 3. The number of anilines is 2. The van der Waals surface area contributed by atoms with Gasteiger partial charge in [0.05, 0.1) is 24.9 Å². The van der Waals surface area contributed by atoms with E-state index in [1.54, 1.807) is 4.68 Å². The highest BCUT2D eigenvalue weighted by Gasteiger charge is 2.39. The Bertz CT molecular complexity index is 1650. The van der Waals surface area contributed by atoms with Crippen LogP contribution < -0.4 is 5.32 Å². The molecule has 278 valence electrons. The number of nitrogens with zero attached hydrogens (tertiary/aromatic N) is 7. The van der Waals surface area contributed by atoms with Crippen molar-refractivity contribution in [1.82, 2.24) is 34.8 Å². The molecule has 0 bridgehead atoms. The van der Waals surface area contributed by atoms with E-state index in [0.717, 1.165) is 31.0 Å². The molecular formula is C27H25F9N8O7. The topological polar surface area (TPSA) is 206 Å². The SMILES string of the molecule is O=C(O)C(F)(F)F.O=C(O)C(F)(F)F.O=C(O)C(F)(F)F.c1ccc(Nc2ncnc3c2nnn3CC2CN(Cc3ccccn3)CCO2)cc1. The predicted molar refractivity (Wildman–Crippen MR) is 153 cm³/mol. The van der Waals surface area contributed by atoms with Crippen LogP contribution >= 0.6 is 0 Å². The predicted octanol–water partition coefficient (Wildman–Crippen LogP) is 4.16. The molecule has 24 heteroatoms. The lowest BCUT2D eigenvalue weighted by Crippen LogP contribution is -2.44. The van der Waals surface area contributed by atoms with Crippen LogP contribution in [0.15, 0.2) is 61.1 Å². The van der Waals surface area contributed by atoms with Crippen molar-refractivity contribution in [2.45, 2.75) is 37.7 Å². The molecule has 1 aromatic carbocycles. The van der Waals surface area contributed by atoms with Gasteiger partial charge in [-0.3, -0.25) is 9.88 Å². The first kappa shape index (κ1) is 41.5. The van der Waals surface area contributed by atoms with Gasteiger partial charge in [-0.2, -0.15) is 39.5 Å². The van der Waals surface area contributed by atoms with Gasteiger partial charge < -0.3 is 25.4 Å². The first-order valence-corrected chi connectivity index (χ1v) is 13.7. The molecule has 5 rings (SSSR count). The Balaban J connectivity index is 0.000000352. The van der Waals surface area contributed by atoms with E-state index in [9.17, 15) is 39.5 Å². The first-order valence-electron chi connectivity index (χ1n) is 13.7. The summed E-state index contributed by atoms with van der Waals surface area (Å²) in [5, 5.41) is 33.3. The van der Waals surface area contributed by atoms with E-state index in [0.29, 0.717) is 30.1 Å². The monoisotopic (exact) mass is 744 g/mol. The fourth-order valence-corrected chi connectivity index (χ4v) is 3.61. The molecule has 0 amide bonds. The van der Waals surface area contributed by atoms with Gasteiger partial charge in [0, 0.05) is 31.5 Å². The second kappa shape index (κ2) is 18.4. The molecule has 3 aromatic heterocycles. The lowest BCUT2D eigenvalue weighted by molar-refractivity contribution is -0.193. The van der Waals surface area contributed by atoms with Crippen LogP contribution in [-0.2, 0) is 32.2 Å². The highest BCUT2D eigenvalue weighted by Crippen LogP contribution is 2.21. The summed E-state index contributed by atoms with van der Waals surface area (Å²) in [6.45, 7) is 3.76. The van der Waals surface area contributed by atoms with E-state index in [4.69, 9.17) is 34.4 Å². The van der Waals surface area contributed by atoms with Gasteiger partial charge in [-0.05, 0) is 24.3 Å². The number of aliphatic carboxylic acids is 3. The number of hydrogen-bond donors (Lipinski definition) is 4.